The van der Waals surface area contributed by atoms with Crippen molar-refractivity contribution in [2.45, 2.75) is 30.5 Å². The molecule has 1 unspecified atom stereocenters. The highest BCUT2D eigenvalue weighted by Crippen LogP contribution is 2.32. The smallest absolute Gasteiger partial charge is 0.282 e. The third kappa shape index (κ3) is 3.31. The van der Waals surface area contributed by atoms with Crippen LogP contribution in [0.2, 0.25) is 0 Å². The van der Waals surface area contributed by atoms with Crippen molar-refractivity contribution in [3.63, 3.8) is 0 Å². The van der Waals surface area contributed by atoms with E-state index < -0.39 is 0 Å². The number of nitrogen functional groups attached to an aromatic ring is 1. The molecule has 0 aliphatic carbocycles. The van der Waals surface area contributed by atoms with Crippen molar-refractivity contribution in [3.05, 3.63) is 46.1 Å². The van der Waals surface area contributed by atoms with E-state index in [0.717, 1.165) is 41.2 Å². The average molecular weight is 374 g/mol. The van der Waals surface area contributed by atoms with E-state index in [4.69, 9.17) is 10.6 Å². The van der Waals surface area contributed by atoms with Crippen molar-refractivity contribution in [3.8, 4) is 11.1 Å². The van der Waals surface area contributed by atoms with Crippen LogP contribution in [0.1, 0.15) is 19.3 Å². The fourth-order valence-electron chi connectivity index (χ4n) is 3.02. The highest BCUT2D eigenvalue weighted by Gasteiger charge is 2.19. The van der Waals surface area contributed by atoms with Crippen molar-refractivity contribution in [2.75, 3.05) is 18.2 Å². The molecule has 5 nitrogen and oxygen atoms in total. The maximum Gasteiger partial charge on any atom is 0.282 e. The minimum absolute atomic E-state index is 0.197. The number of thiophene rings is 1. The first-order chi connectivity index (χ1) is 12.2. The predicted octanol–water partition coefficient (Wildman–Crippen LogP) is 3.50. The first-order valence-corrected chi connectivity index (χ1v) is 10.2. The first-order valence-electron chi connectivity index (χ1n) is 8.33. The molecule has 1 aliphatic heterocycles. The zero-order valence-electron chi connectivity index (χ0n) is 13.7. The summed E-state index contributed by atoms with van der Waals surface area (Å²) < 4.78 is 6.92. The molecule has 0 saturated carbocycles. The van der Waals surface area contributed by atoms with Crippen molar-refractivity contribution >= 4 is 33.3 Å². The lowest BCUT2D eigenvalue weighted by atomic mass is 10.1. The Balaban J connectivity index is 1.67. The summed E-state index contributed by atoms with van der Waals surface area (Å²) in [7, 11) is 0. The van der Waals surface area contributed by atoms with Gasteiger partial charge in [0.05, 0.1) is 11.5 Å². The summed E-state index contributed by atoms with van der Waals surface area (Å²) in [6.45, 7) is 0.818. The summed E-state index contributed by atoms with van der Waals surface area (Å²) in [5, 5.41) is 3.12. The minimum atomic E-state index is -0.197. The van der Waals surface area contributed by atoms with Gasteiger partial charge in [-0.3, -0.25) is 4.79 Å². The molecule has 1 aliphatic rings. The second kappa shape index (κ2) is 7.19. The van der Waals surface area contributed by atoms with E-state index in [1.54, 1.807) is 0 Å². The number of hydrogen-bond acceptors (Lipinski definition) is 6. The number of rotatable bonds is 4. The van der Waals surface area contributed by atoms with Crippen molar-refractivity contribution in [1.82, 2.24) is 9.66 Å². The highest BCUT2D eigenvalue weighted by molar-refractivity contribution is 7.99. The van der Waals surface area contributed by atoms with Crippen LogP contribution in [0, 0.1) is 0 Å². The number of fused-ring (bicyclic) bond motifs is 1. The Morgan fingerprint density at radius 1 is 1.32 bits per heavy atom. The minimum Gasteiger partial charge on any atom is -0.377 e. The molecule has 0 bridgehead atoms. The molecule has 4 rings (SSSR count). The fourth-order valence-corrected chi connectivity index (χ4v) is 4.99. The van der Waals surface area contributed by atoms with Gasteiger partial charge in [0.1, 0.15) is 4.83 Å². The Bertz CT molecular complexity index is 931. The maximum atomic E-state index is 12.8. The molecule has 3 heterocycles. The van der Waals surface area contributed by atoms with E-state index in [0.29, 0.717) is 10.5 Å². The average Bonchev–Trinajstić information content (AvgIpc) is 3.09. The molecular formula is C18H19N3O2S2. The second-order valence-electron chi connectivity index (χ2n) is 6.06. The van der Waals surface area contributed by atoms with E-state index in [2.05, 4.69) is 4.98 Å². The number of nitrogens with zero attached hydrogens (tertiary/aromatic N) is 2. The standard InChI is InChI=1S/C18H19N3O2S2/c19-21-17(22)15-14(12-6-2-1-3-7-12)11-24-16(15)20-18(21)25-10-13-8-4-5-9-23-13/h1-3,6-7,11,13H,4-5,8-10,19H2. The van der Waals surface area contributed by atoms with Crippen molar-refractivity contribution in [2.24, 2.45) is 0 Å². The summed E-state index contributed by atoms with van der Waals surface area (Å²) in [6, 6.07) is 9.86. The van der Waals surface area contributed by atoms with Crippen LogP contribution in [-0.4, -0.2) is 28.1 Å². The van der Waals surface area contributed by atoms with E-state index in [-0.39, 0.29) is 11.7 Å². The van der Waals surface area contributed by atoms with Gasteiger partial charge in [-0.25, -0.2) is 9.66 Å². The van der Waals surface area contributed by atoms with Gasteiger partial charge in [-0.05, 0) is 24.8 Å². The molecule has 0 spiro atoms. The van der Waals surface area contributed by atoms with Gasteiger partial charge >= 0.3 is 0 Å². The van der Waals surface area contributed by atoms with Crippen molar-refractivity contribution in [1.29, 1.82) is 0 Å². The van der Waals surface area contributed by atoms with E-state index >= 15 is 0 Å². The van der Waals surface area contributed by atoms with Crippen molar-refractivity contribution < 1.29 is 4.74 Å². The molecule has 1 saturated heterocycles. The van der Waals surface area contributed by atoms with Crippen LogP contribution in [0.25, 0.3) is 21.3 Å². The van der Waals surface area contributed by atoms with E-state index in [9.17, 15) is 4.79 Å². The first kappa shape index (κ1) is 16.6. The van der Waals surface area contributed by atoms with Crippen LogP contribution in [0.5, 0.6) is 0 Å². The lowest BCUT2D eigenvalue weighted by Crippen LogP contribution is -2.30. The summed E-state index contributed by atoms with van der Waals surface area (Å²) in [6.07, 6.45) is 3.60. The van der Waals surface area contributed by atoms with Crippen LogP contribution in [0.3, 0.4) is 0 Å². The Labute approximate surface area is 153 Å². The molecule has 1 atom stereocenters. The SMILES string of the molecule is Nn1c(SCC2CCCCO2)nc2scc(-c3ccccc3)c2c1=O. The van der Waals surface area contributed by atoms with Gasteiger partial charge in [-0.1, -0.05) is 42.1 Å². The molecule has 2 N–H and O–H groups in total. The van der Waals surface area contributed by atoms with Gasteiger partial charge in [-0.15, -0.1) is 11.3 Å². The summed E-state index contributed by atoms with van der Waals surface area (Å²) >= 11 is 2.98. The summed E-state index contributed by atoms with van der Waals surface area (Å²) in [5.41, 5.74) is 1.70. The molecule has 25 heavy (non-hydrogen) atoms. The van der Waals surface area contributed by atoms with Gasteiger partial charge in [0.25, 0.3) is 5.56 Å². The number of ether oxygens (including phenoxy) is 1. The zero-order valence-corrected chi connectivity index (χ0v) is 15.3. The van der Waals surface area contributed by atoms with E-state index in [1.807, 2.05) is 35.7 Å². The topological polar surface area (TPSA) is 70.1 Å². The number of aromatic nitrogens is 2. The highest BCUT2D eigenvalue weighted by atomic mass is 32.2. The monoisotopic (exact) mass is 373 g/mol. The Hall–Kier alpha value is -1.83. The lowest BCUT2D eigenvalue weighted by Gasteiger charge is -2.22. The summed E-state index contributed by atoms with van der Waals surface area (Å²) in [5.74, 6) is 6.83. The number of benzene rings is 1. The summed E-state index contributed by atoms with van der Waals surface area (Å²) in [4.78, 5) is 18.2. The van der Waals surface area contributed by atoms with Gasteiger partial charge < -0.3 is 10.6 Å². The molecule has 0 radical (unpaired) electrons. The largest absolute Gasteiger partial charge is 0.377 e. The Kier molecular flexibility index (Phi) is 4.78. The molecule has 130 valence electrons. The predicted molar refractivity (Wildman–Crippen MR) is 104 cm³/mol. The zero-order chi connectivity index (χ0) is 17.2. The Morgan fingerprint density at radius 3 is 2.92 bits per heavy atom. The van der Waals surface area contributed by atoms with E-state index in [1.165, 1.54) is 34.2 Å². The molecule has 1 aromatic carbocycles. The normalized spacial score (nSPS) is 17.8. The Morgan fingerprint density at radius 2 is 2.16 bits per heavy atom. The molecule has 1 fully saturated rings. The number of thioether (sulfide) groups is 1. The lowest BCUT2D eigenvalue weighted by molar-refractivity contribution is 0.0315. The molecule has 3 aromatic rings. The number of hydrogen-bond donors (Lipinski definition) is 1. The van der Waals surface area contributed by atoms with Crippen LogP contribution >= 0.6 is 23.1 Å². The van der Waals surface area contributed by atoms with Crippen LogP contribution in [-0.2, 0) is 4.74 Å². The maximum absolute atomic E-state index is 12.8. The molecule has 0 amide bonds. The fraction of sp³-hybridized carbons (Fsp3) is 0.333. The van der Waals surface area contributed by atoms with Crippen LogP contribution < -0.4 is 11.4 Å². The van der Waals surface area contributed by atoms with Gasteiger partial charge in [-0.2, -0.15) is 0 Å². The quantitative estimate of drug-likeness (QED) is 0.431. The third-order valence-corrected chi connectivity index (χ3v) is 6.32. The second-order valence-corrected chi connectivity index (χ2v) is 7.91. The van der Waals surface area contributed by atoms with Crippen LogP contribution in [0.15, 0.2) is 45.7 Å². The molecule has 2 aromatic heterocycles. The molecular weight excluding hydrogens is 354 g/mol. The third-order valence-electron chi connectivity index (χ3n) is 4.36. The van der Waals surface area contributed by atoms with Gasteiger partial charge in [0.15, 0.2) is 5.16 Å². The molecule has 7 heteroatoms. The van der Waals surface area contributed by atoms with Gasteiger partial charge in [0.2, 0.25) is 0 Å². The van der Waals surface area contributed by atoms with Gasteiger partial charge in [0, 0.05) is 23.3 Å². The van der Waals surface area contributed by atoms with Crippen LogP contribution in [0.4, 0.5) is 0 Å². The number of nitrogens with two attached hydrogens (primary N) is 1.